The van der Waals surface area contributed by atoms with Gasteiger partial charge < -0.3 is 10.5 Å². The largest absolute Gasteiger partial charge is 0.461 e. The maximum absolute atomic E-state index is 11.5. The first kappa shape index (κ1) is 13.4. The third kappa shape index (κ3) is 4.43. The Hall–Kier alpha value is -0.710. The highest BCUT2D eigenvalue weighted by Crippen LogP contribution is 2.28. The smallest absolute Gasteiger partial charge is 0.309 e. The van der Waals surface area contributed by atoms with Crippen molar-refractivity contribution in [2.45, 2.75) is 39.2 Å². The zero-order valence-electron chi connectivity index (χ0n) is 9.86. The van der Waals surface area contributed by atoms with Gasteiger partial charge in [-0.15, -0.1) is 0 Å². The van der Waals surface area contributed by atoms with E-state index in [1.165, 1.54) is 11.8 Å². The molecule has 0 unspecified atom stereocenters. The van der Waals surface area contributed by atoms with E-state index in [1.54, 1.807) is 0 Å². The minimum absolute atomic E-state index is 0.0555. The Balaban J connectivity index is 2.29. The van der Waals surface area contributed by atoms with Crippen LogP contribution in [0.4, 0.5) is 0 Å². The lowest BCUT2D eigenvalue weighted by Gasteiger charge is -2.07. The summed E-state index contributed by atoms with van der Waals surface area (Å²) in [4.78, 5) is 11.5. The predicted octanol–water partition coefficient (Wildman–Crippen LogP) is 1.98. The van der Waals surface area contributed by atoms with E-state index in [2.05, 4.69) is 13.8 Å². The monoisotopic (exact) mass is 244 g/mol. The molecule has 0 spiro atoms. The molecule has 0 aromatic rings. The summed E-state index contributed by atoms with van der Waals surface area (Å²) < 4.78 is 5.24. The van der Waals surface area contributed by atoms with Gasteiger partial charge in [-0.1, -0.05) is 32.0 Å². The molecule has 92 valence electrons. The number of carbonyl (C=O) groups excluding carboxylic acids is 1. The molecule has 1 saturated heterocycles. The van der Waals surface area contributed by atoms with Crippen molar-refractivity contribution in [2.24, 2.45) is 17.6 Å². The van der Waals surface area contributed by atoms with Crippen molar-refractivity contribution in [2.75, 3.05) is 5.75 Å². The molecule has 0 saturated carbocycles. The van der Waals surface area contributed by atoms with E-state index in [4.69, 9.17) is 15.9 Å². The van der Waals surface area contributed by atoms with Crippen LogP contribution in [0.25, 0.3) is 0 Å². The van der Waals surface area contributed by atoms with Gasteiger partial charge in [0.15, 0.2) is 5.17 Å². The summed E-state index contributed by atoms with van der Waals surface area (Å²) in [6, 6.07) is 0. The van der Waals surface area contributed by atoms with Crippen LogP contribution in [-0.2, 0) is 9.53 Å². The summed E-state index contributed by atoms with van der Waals surface area (Å²) in [5.74, 6) is 1.22. The fraction of sp³-hybridized carbons (Fsp3) is 0.818. The number of thioether (sulfide) groups is 1. The average molecular weight is 244 g/mol. The van der Waals surface area contributed by atoms with Crippen LogP contribution >= 0.6 is 11.8 Å². The Bertz CT molecular complexity index is 269. The second kappa shape index (κ2) is 6.13. The molecule has 1 heterocycles. The van der Waals surface area contributed by atoms with Gasteiger partial charge in [-0.3, -0.25) is 10.2 Å². The number of amidine groups is 1. The number of hydrogen-bond acceptors (Lipinski definition) is 4. The first-order chi connectivity index (χ1) is 7.49. The Morgan fingerprint density at radius 3 is 2.94 bits per heavy atom. The number of hydrogen-bond donors (Lipinski definition) is 2. The van der Waals surface area contributed by atoms with Crippen molar-refractivity contribution in [1.82, 2.24) is 0 Å². The van der Waals surface area contributed by atoms with Crippen molar-refractivity contribution >= 4 is 22.9 Å². The molecule has 4 nitrogen and oxygen atoms in total. The van der Waals surface area contributed by atoms with Crippen LogP contribution < -0.4 is 5.73 Å². The summed E-state index contributed by atoms with van der Waals surface area (Å²) in [5.41, 5.74) is 5.24. The van der Waals surface area contributed by atoms with Gasteiger partial charge >= 0.3 is 5.97 Å². The molecule has 1 aliphatic heterocycles. The van der Waals surface area contributed by atoms with Crippen LogP contribution in [0.15, 0.2) is 0 Å². The fourth-order valence-corrected chi connectivity index (χ4v) is 2.35. The fourth-order valence-electron chi connectivity index (χ4n) is 1.78. The van der Waals surface area contributed by atoms with E-state index < -0.39 is 0 Å². The maximum Gasteiger partial charge on any atom is 0.309 e. The van der Waals surface area contributed by atoms with Gasteiger partial charge in [-0.05, 0) is 18.8 Å². The van der Waals surface area contributed by atoms with Crippen LogP contribution in [0.1, 0.15) is 33.1 Å². The van der Waals surface area contributed by atoms with E-state index in [1.807, 2.05) is 0 Å². The van der Waals surface area contributed by atoms with Gasteiger partial charge in [0.2, 0.25) is 0 Å². The molecular weight excluding hydrogens is 224 g/mol. The summed E-state index contributed by atoms with van der Waals surface area (Å²) in [5, 5.41) is 7.18. The molecule has 0 amide bonds. The molecule has 0 radical (unpaired) electrons. The van der Waals surface area contributed by atoms with E-state index in [-0.39, 0.29) is 23.2 Å². The van der Waals surface area contributed by atoms with Crippen molar-refractivity contribution < 1.29 is 9.53 Å². The van der Waals surface area contributed by atoms with Gasteiger partial charge in [0.1, 0.15) is 6.10 Å². The predicted molar refractivity (Wildman–Crippen MR) is 66.4 cm³/mol. The van der Waals surface area contributed by atoms with Crippen LogP contribution in [0.5, 0.6) is 0 Å². The van der Waals surface area contributed by atoms with Crippen LogP contribution in [0.2, 0.25) is 0 Å². The van der Waals surface area contributed by atoms with Crippen molar-refractivity contribution in [3.8, 4) is 0 Å². The van der Waals surface area contributed by atoms with Crippen LogP contribution in [0, 0.1) is 17.2 Å². The topological polar surface area (TPSA) is 76.2 Å². The zero-order valence-corrected chi connectivity index (χ0v) is 10.7. The third-order valence-electron chi connectivity index (χ3n) is 2.68. The van der Waals surface area contributed by atoms with Gasteiger partial charge in [-0.2, -0.15) is 0 Å². The zero-order chi connectivity index (χ0) is 12.1. The minimum atomic E-state index is -0.0743. The maximum atomic E-state index is 11.5. The lowest BCUT2D eigenvalue weighted by atomic mass is 9.95. The van der Waals surface area contributed by atoms with E-state index in [0.29, 0.717) is 11.7 Å². The molecule has 5 heteroatoms. The second-order valence-electron chi connectivity index (χ2n) is 4.64. The number of esters is 1. The average Bonchev–Trinajstić information content (AvgIpc) is 2.53. The lowest BCUT2D eigenvalue weighted by molar-refractivity contribution is -0.143. The van der Waals surface area contributed by atoms with Gasteiger partial charge in [0.25, 0.3) is 0 Å². The summed E-state index contributed by atoms with van der Waals surface area (Å²) in [7, 11) is 0. The van der Waals surface area contributed by atoms with Crippen LogP contribution in [0.3, 0.4) is 0 Å². The minimum Gasteiger partial charge on any atom is -0.461 e. The second-order valence-corrected chi connectivity index (χ2v) is 5.70. The Kier molecular flexibility index (Phi) is 5.12. The Labute approximate surface area is 101 Å². The molecule has 1 fully saturated rings. The number of ether oxygens (including phenoxy) is 1. The highest BCUT2D eigenvalue weighted by atomic mass is 32.2. The molecule has 0 bridgehead atoms. The highest BCUT2D eigenvalue weighted by Gasteiger charge is 2.33. The van der Waals surface area contributed by atoms with Crippen molar-refractivity contribution in [3.05, 3.63) is 0 Å². The number of cyclic esters (lactones) is 1. The number of rotatable bonds is 5. The summed E-state index contributed by atoms with van der Waals surface area (Å²) >= 11 is 1.24. The molecule has 3 N–H and O–H groups in total. The molecule has 2 atom stereocenters. The van der Waals surface area contributed by atoms with Gasteiger partial charge in [0.05, 0.1) is 5.92 Å². The molecule has 0 aliphatic carbocycles. The standard InChI is InChI=1S/C11H20N2O2S/c1-7(2)3-4-8-5-9(15-10(8)14)6-16-11(12)13/h7-9H,3-6H2,1-2H3,(H3,12,13)/t8-,9+/m1/s1. The number of nitrogens with one attached hydrogen (secondary N) is 1. The first-order valence-corrected chi connectivity index (χ1v) is 6.65. The quantitative estimate of drug-likeness (QED) is 0.440. The summed E-state index contributed by atoms with van der Waals surface area (Å²) in [6.07, 6.45) is 2.70. The first-order valence-electron chi connectivity index (χ1n) is 5.66. The van der Waals surface area contributed by atoms with Crippen molar-refractivity contribution in [1.29, 1.82) is 5.41 Å². The van der Waals surface area contributed by atoms with Crippen molar-refractivity contribution in [3.63, 3.8) is 0 Å². The summed E-state index contributed by atoms with van der Waals surface area (Å²) in [6.45, 7) is 4.31. The third-order valence-corrected chi connectivity index (χ3v) is 3.53. The highest BCUT2D eigenvalue weighted by molar-refractivity contribution is 8.13. The molecule has 1 rings (SSSR count). The molecular formula is C11H20N2O2S. The molecule has 1 aliphatic rings. The normalized spacial score (nSPS) is 24.8. The number of carbonyl (C=O) groups is 1. The molecule has 0 aromatic carbocycles. The number of nitrogens with two attached hydrogens (primary N) is 1. The van der Waals surface area contributed by atoms with E-state index in [9.17, 15) is 4.79 Å². The lowest BCUT2D eigenvalue weighted by Crippen LogP contribution is -2.14. The van der Waals surface area contributed by atoms with E-state index in [0.717, 1.165) is 19.3 Å². The van der Waals surface area contributed by atoms with E-state index >= 15 is 0 Å². The van der Waals surface area contributed by atoms with Gasteiger partial charge in [-0.25, -0.2) is 0 Å². The SMILES string of the molecule is CC(C)CC[C@@H]1C[C@@H](CSC(=N)N)OC1=O. The molecule has 16 heavy (non-hydrogen) atoms. The van der Waals surface area contributed by atoms with Gasteiger partial charge in [0, 0.05) is 5.75 Å². The van der Waals surface area contributed by atoms with Crippen LogP contribution in [-0.4, -0.2) is 23.0 Å². The Morgan fingerprint density at radius 2 is 2.38 bits per heavy atom. The molecule has 0 aromatic heterocycles. The Morgan fingerprint density at radius 1 is 1.69 bits per heavy atom.